The van der Waals surface area contributed by atoms with Gasteiger partial charge in [0.1, 0.15) is 5.75 Å². The molecule has 0 aromatic heterocycles. The molecule has 1 aromatic carbocycles. The van der Waals surface area contributed by atoms with Gasteiger partial charge in [-0.1, -0.05) is 13.0 Å². The SMILES string of the molecule is COC(=O)CN1CCC(C2CCN(C(=O)[C@H](C)Cc3ccc(O)c(Br)c3)CC2)CC1. The standard InChI is InChI=1S/C23H33BrN2O4/c1-16(13-17-3-4-21(27)20(24)14-17)23(29)26-11-7-19(8-12-26)18-5-9-25(10-6-18)15-22(28)30-2/h3-4,14,16,18-19,27H,5-13,15H2,1-2H3/t16-/m1/s1. The molecular weight excluding hydrogens is 448 g/mol. The van der Waals surface area contributed by atoms with E-state index in [1.54, 1.807) is 6.07 Å². The number of carbonyl (C=O) groups is 2. The maximum Gasteiger partial charge on any atom is 0.319 e. The summed E-state index contributed by atoms with van der Waals surface area (Å²) < 4.78 is 5.43. The van der Waals surface area contributed by atoms with Gasteiger partial charge in [-0.3, -0.25) is 14.5 Å². The van der Waals surface area contributed by atoms with Gasteiger partial charge in [0.25, 0.3) is 0 Å². The van der Waals surface area contributed by atoms with E-state index in [-0.39, 0.29) is 23.5 Å². The third-order valence-corrected chi connectivity index (χ3v) is 7.34. The van der Waals surface area contributed by atoms with Crippen molar-refractivity contribution in [3.05, 3.63) is 28.2 Å². The van der Waals surface area contributed by atoms with E-state index in [4.69, 9.17) is 4.74 Å². The highest BCUT2D eigenvalue weighted by Crippen LogP contribution is 2.33. The number of methoxy groups -OCH3 is 1. The van der Waals surface area contributed by atoms with Crippen molar-refractivity contribution in [1.29, 1.82) is 0 Å². The quantitative estimate of drug-likeness (QED) is 0.631. The predicted octanol–water partition coefficient (Wildman–Crippen LogP) is 3.46. The molecule has 1 aromatic rings. The number of nitrogens with zero attached hydrogens (tertiary/aromatic N) is 2. The molecule has 2 aliphatic heterocycles. The van der Waals surface area contributed by atoms with E-state index in [2.05, 4.69) is 20.8 Å². The van der Waals surface area contributed by atoms with Crippen LogP contribution in [0, 0.1) is 17.8 Å². The predicted molar refractivity (Wildman–Crippen MR) is 119 cm³/mol. The van der Waals surface area contributed by atoms with Crippen molar-refractivity contribution in [3.8, 4) is 5.75 Å². The van der Waals surface area contributed by atoms with E-state index in [9.17, 15) is 14.7 Å². The fraction of sp³-hybridized carbons (Fsp3) is 0.652. The monoisotopic (exact) mass is 480 g/mol. The molecule has 2 heterocycles. The van der Waals surface area contributed by atoms with Crippen molar-refractivity contribution in [1.82, 2.24) is 9.80 Å². The van der Waals surface area contributed by atoms with Crippen LogP contribution in [0.15, 0.2) is 22.7 Å². The number of carbonyl (C=O) groups excluding carboxylic acids is 2. The summed E-state index contributed by atoms with van der Waals surface area (Å²) >= 11 is 3.34. The first-order chi connectivity index (χ1) is 14.4. The molecule has 2 fully saturated rings. The number of hydrogen-bond donors (Lipinski definition) is 1. The maximum atomic E-state index is 12.9. The van der Waals surface area contributed by atoms with E-state index >= 15 is 0 Å². The Morgan fingerprint density at radius 2 is 1.73 bits per heavy atom. The molecule has 0 aliphatic carbocycles. The van der Waals surface area contributed by atoms with Gasteiger partial charge in [0.2, 0.25) is 5.91 Å². The number of rotatable bonds is 6. The third-order valence-electron chi connectivity index (χ3n) is 6.71. The molecule has 0 bridgehead atoms. The fourth-order valence-corrected chi connectivity index (χ4v) is 5.28. The van der Waals surface area contributed by atoms with Crippen LogP contribution in [-0.2, 0) is 20.7 Å². The summed E-state index contributed by atoms with van der Waals surface area (Å²) in [5.74, 6) is 1.59. The molecular formula is C23H33BrN2O4. The number of benzene rings is 1. The van der Waals surface area contributed by atoms with Gasteiger partial charge in [-0.25, -0.2) is 0 Å². The van der Waals surface area contributed by atoms with E-state index in [1.165, 1.54) is 7.11 Å². The van der Waals surface area contributed by atoms with Crippen LogP contribution in [0.2, 0.25) is 0 Å². The highest BCUT2D eigenvalue weighted by molar-refractivity contribution is 9.10. The van der Waals surface area contributed by atoms with Crippen LogP contribution in [0.3, 0.4) is 0 Å². The van der Waals surface area contributed by atoms with E-state index in [1.807, 2.05) is 24.0 Å². The molecule has 3 rings (SSSR count). The lowest BCUT2D eigenvalue weighted by Crippen LogP contribution is -2.45. The summed E-state index contributed by atoms with van der Waals surface area (Å²) in [4.78, 5) is 28.6. The summed E-state index contributed by atoms with van der Waals surface area (Å²) in [7, 11) is 1.44. The third kappa shape index (κ3) is 5.97. The molecule has 1 N–H and O–H groups in total. The minimum atomic E-state index is -0.158. The van der Waals surface area contributed by atoms with Gasteiger partial charge < -0.3 is 14.7 Å². The lowest BCUT2D eigenvalue weighted by atomic mass is 9.78. The molecule has 2 saturated heterocycles. The average Bonchev–Trinajstić information content (AvgIpc) is 2.76. The summed E-state index contributed by atoms with van der Waals surface area (Å²) in [6.07, 6.45) is 5.08. The van der Waals surface area contributed by atoms with Crippen molar-refractivity contribution in [2.45, 2.75) is 39.0 Å². The second kappa shape index (κ2) is 10.6. The number of phenolic OH excluding ortho intramolecular Hbond substituents is 1. The molecule has 1 atom stereocenters. The highest BCUT2D eigenvalue weighted by atomic mass is 79.9. The molecule has 30 heavy (non-hydrogen) atoms. The van der Waals surface area contributed by atoms with Gasteiger partial charge >= 0.3 is 5.97 Å². The summed E-state index contributed by atoms with van der Waals surface area (Å²) in [6.45, 7) is 5.99. The molecule has 1 amide bonds. The van der Waals surface area contributed by atoms with Crippen molar-refractivity contribution < 1.29 is 19.4 Å². The van der Waals surface area contributed by atoms with Crippen molar-refractivity contribution in [3.63, 3.8) is 0 Å². The largest absolute Gasteiger partial charge is 0.507 e. The van der Waals surface area contributed by atoms with Crippen molar-refractivity contribution in [2.75, 3.05) is 39.8 Å². The number of halogens is 1. The van der Waals surface area contributed by atoms with Crippen LogP contribution in [0.5, 0.6) is 5.75 Å². The Morgan fingerprint density at radius 3 is 2.30 bits per heavy atom. The number of hydrogen-bond acceptors (Lipinski definition) is 5. The smallest absolute Gasteiger partial charge is 0.319 e. The van der Waals surface area contributed by atoms with Gasteiger partial charge in [0, 0.05) is 19.0 Å². The van der Waals surface area contributed by atoms with E-state index < -0.39 is 0 Å². The average molecular weight is 481 g/mol. The minimum Gasteiger partial charge on any atom is -0.507 e. The number of phenols is 1. The topological polar surface area (TPSA) is 70.1 Å². The Labute approximate surface area is 187 Å². The Bertz CT molecular complexity index is 741. The van der Waals surface area contributed by atoms with Crippen LogP contribution in [0.1, 0.15) is 38.2 Å². The van der Waals surface area contributed by atoms with Crippen LogP contribution in [0.4, 0.5) is 0 Å². The van der Waals surface area contributed by atoms with Crippen LogP contribution in [-0.4, -0.2) is 66.6 Å². The van der Waals surface area contributed by atoms with Gasteiger partial charge in [-0.2, -0.15) is 0 Å². The molecule has 2 aliphatic rings. The summed E-state index contributed by atoms with van der Waals surface area (Å²) in [5.41, 5.74) is 1.05. The zero-order chi connectivity index (χ0) is 21.7. The number of amides is 1. The highest BCUT2D eigenvalue weighted by Gasteiger charge is 2.32. The summed E-state index contributed by atoms with van der Waals surface area (Å²) in [5, 5.41) is 9.64. The second-order valence-corrected chi connectivity index (χ2v) is 9.60. The number of piperidine rings is 2. The van der Waals surface area contributed by atoms with Crippen LogP contribution >= 0.6 is 15.9 Å². The van der Waals surface area contributed by atoms with Crippen molar-refractivity contribution in [2.24, 2.45) is 17.8 Å². The fourth-order valence-electron chi connectivity index (χ4n) is 4.85. The lowest BCUT2D eigenvalue weighted by molar-refractivity contribution is -0.142. The van der Waals surface area contributed by atoms with Gasteiger partial charge in [-0.15, -0.1) is 0 Å². The second-order valence-electron chi connectivity index (χ2n) is 8.74. The first-order valence-corrected chi connectivity index (χ1v) is 11.7. The lowest BCUT2D eigenvalue weighted by Gasteiger charge is -2.40. The van der Waals surface area contributed by atoms with Gasteiger partial charge in [0.05, 0.1) is 18.1 Å². The molecule has 0 spiro atoms. The zero-order valence-electron chi connectivity index (χ0n) is 18.0. The Balaban J connectivity index is 1.43. The Hall–Kier alpha value is -1.60. The molecule has 166 valence electrons. The van der Waals surface area contributed by atoms with E-state index in [0.29, 0.717) is 29.3 Å². The molecule has 6 nitrogen and oxygen atoms in total. The Morgan fingerprint density at radius 1 is 1.13 bits per heavy atom. The zero-order valence-corrected chi connectivity index (χ0v) is 19.6. The molecule has 0 radical (unpaired) electrons. The van der Waals surface area contributed by atoms with Crippen LogP contribution < -0.4 is 0 Å². The molecule has 7 heteroatoms. The molecule has 0 saturated carbocycles. The maximum absolute atomic E-state index is 12.9. The van der Waals surface area contributed by atoms with Gasteiger partial charge in [0.15, 0.2) is 0 Å². The number of aromatic hydroxyl groups is 1. The number of ether oxygens (including phenoxy) is 1. The molecule has 0 unspecified atom stereocenters. The van der Waals surface area contributed by atoms with E-state index in [0.717, 1.165) is 57.4 Å². The normalized spacial score (nSPS) is 20.2. The number of likely N-dealkylation sites (tertiary alicyclic amines) is 2. The van der Waals surface area contributed by atoms with Gasteiger partial charge in [-0.05, 0) is 90.7 Å². The summed E-state index contributed by atoms with van der Waals surface area (Å²) in [6, 6.07) is 5.43. The number of esters is 1. The minimum absolute atomic E-state index is 0.0699. The first-order valence-electron chi connectivity index (χ1n) is 10.9. The first kappa shape index (κ1) is 23.1. The Kier molecular flexibility index (Phi) is 8.17. The van der Waals surface area contributed by atoms with Crippen molar-refractivity contribution >= 4 is 27.8 Å². The van der Waals surface area contributed by atoms with Crippen LogP contribution in [0.25, 0.3) is 0 Å².